The molecule has 1 atom stereocenters. The lowest BCUT2D eigenvalue weighted by Crippen LogP contribution is -2.39. The molecule has 3 rings (SSSR count). The zero-order valence-electron chi connectivity index (χ0n) is 15.1. The molecule has 0 saturated heterocycles. The normalized spacial score (nSPS) is 15.6. The molecule has 2 aromatic rings. The Hall–Kier alpha value is -2.82. The summed E-state index contributed by atoms with van der Waals surface area (Å²) in [6.07, 6.45) is 1.84. The minimum atomic E-state index is -0.498. The Labute approximate surface area is 153 Å². The van der Waals surface area contributed by atoms with Crippen molar-refractivity contribution in [3.63, 3.8) is 0 Å². The number of nitrogens with one attached hydrogen (secondary N) is 2. The lowest BCUT2D eigenvalue weighted by molar-refractivity contribution is -0.125. The van der Waals surface area contributed by atoms with Crippen LogP contribution in [0.5, 0.6) is 5.75 Å². The molecule has 26 heavy (non-hydrogen) atoms. The first kappa shape index (κ1) is 18.0. The Morgan fingerprint density at radius 3 is 2.27 bits per heavy atom. The van der Waals surface area contributed by atoms with Crippen molar-refractivity contribution in [2.75, 3.05) is 14.2 Å². The van der Waals surface area contributed by atoms with Crippen LogP contribution in [0.15, 0.2) is 54.6 Å². The fourth-order valence-electron chi connectivity index (χ4n) is 3.20. The van der Waals surface area contributed by atoms with Gasteiger partial charge in [0, 0.05) is 7.05 Å². The smallest absolute Gasteiger partial charge is 0.231 e. The lowest BCUT2D eigenvalue weighted by atomic mass is 9.93. The third-order valence-electron chi connectivity index (χ3n) is 5.00. The molecule has 0 aromatic heterocycles. The first-order valence-corrected chi connectivity index (χ1v) is 8.80. The molecule has 0 radical (unpaired) electrons. The van der Waals surface area contributed by atoms with Crippen LogP contribution in [0.4, 0.5) is 0 Å². The van der Waals surface area contributed by atoms with Crippen molar-refractivity contribution >= 4 is 11.8 Å². The molecular weight excluding hydrogens is 328 g/mol. The largest absolute Gasteiger partial charge is 0.497 e. The van der Waals surface area contributed by atoms with Gasteiger partial charge in [-0.25, -0.2) is 0 Å². The Kier molecular flexibility index (Phi) is 5.26. The summed E-state index contributed by atoms with van der Waals surface area (Å²) in [5.41, 5.74) is 1.42. The van der Waals surface area contributed by atoms with E-state index in [0.29, 0.717) is 0 Å². The standard InChI is InChI=1S/C21H24N2O3/c1-22-19(24)14-18(15-6-4-3-5-7-15)23-20(25)21(12-13-21)16-8-10-17(26-2)11-9-16/h3-11,18H,12-14H2,1-2H3,(H,22,24)(H,23,25)/t18-/m1/s1. The minimum absolute atomic E-state index is 0.0274. The molecule has 1 saturated carbocycles. The summed E-state index contributed by atoms with van der Waals surface area (Å²) < 4.78 is 5.20. The number of amides is 2. The van der Waals surface area contributed by atoms with Gasteiger partial charge in [-0.2, -0.15) is 0 Å². The van der Waals surface area contributed by atoms with E-state index in [2.05, 4.69) is 10.6 Å². The lowest BCUT2D eigenvalue weighted by Gasteiger charge is -2.23. The van der Waals surface area contributed by atoms with E-state index in [-0.39, 0.29) is 24.3 Å². The van der Waals surface area contributed by atoms with E-state index in [9.17, 15) is 9.59 Å². The molecule has 0 aliphatic heterocycles. The molecule has 136 valence electrons. The first-order valence-electron chi connectivity index (χ1n) is 8.80. The molecule has 0 unspecified atom stereocenters. The van der Waals surface area contributed by atoms with Crippen molar-refractivity contribution < 1.29 is 14.3 Å². The maximum atomic E-state index is 13.1. The second-order valence-corrected chi connectivity index (χ2v) is 6.62. The number of hydrogen-bond acceptors (Lipinski definition) is 3. The van der Waals surface area contributed by atoms with Crippen LogP contribution < -0.4 is 15.4 Å². The van der Waals surface area contributed by atoms with Crippen molar-refractivity contribution in [2.45, 2.75) is 30.7 Å². The van der Waals surface area contributed by atoms with Crippen LogP contribution in [0.25, 0.3) is 0 Å². The number of hydrogen-bond donors (Lipinski definition) is 2. The molecule has 1 aliphatic carbocycles. The number of benzene rings is 2. The van der Waals surface area contributed by atoms with Crippen molar-refractivity contribution in [1.82, 2.24) is 10.6 Å². The zero-order chi connectivity index (χ0) is 18.6. The second kappa shape index (κ2) is 7.60. The summed E-state index contributed by atoms with van der Waals surface area (Å²) >= 11 is 0. The van der Waals surface area contributed by atoms with Gasteiger partial charge in [-0.1, -0.05) is 42.5 Å². The van der Waals surface area contributed by atoms with E-state index >= 15 is 0 Å². The van der Waals surface area contributed by atoms with Gasteiger partial charge in [-0.05, 0) is 36.1 Å². The van der Waals surface area contributed by atoms with Gasteiger partial charge in [-0.15, -0.1) is 0 Å². The molecule has 1 aliphatic rings. The van der Waals surface area contributed by atoms with E-state index in [4.69, 9.17) is 4.74 Å². The number of methoxy groups -OCH3 is 1. The van der Waals surface area contributed by atoms with E-state index in [1.54, 1.807) is 14.2 Å². The van der Waals surface area contributed by atoms with Crippen LogP contribution in [0, 0.1) is 0 Å². The molecule has 2 amide bonds. The Morgan fingerprint density at radius 2 is 1.73 bits per heavy atom. The number of ether oxygens (including phenoxy) is 1. The van der Waals surface area contributed by atoms with E-state index in [1.807, 2.05) is 54.6 Å². The van der Waals surface area contributed by atoms with Gasteiger partial charge in [0.25, 0.3) is 0 Å². The highest BCUT2D eigenvalue weighted by Gasteiger charge is 2.51. The average Bonchev–Trinajstić information content (AvgIpc) is 3.50. The quantitative estimate of drug-likeness (QED) is 0.805. The molecule has 5 nitrogen and oxygen atoms in total. The van der Waals surface area contributed by atoms with Crippen molar-refractivity contribution in [1.29, 1.82) is 0 Å². The van der Waals surface area contributed by atoms with Crippen LogP contribution >= 0.6 is 0 Å². The number of carbonyl (C=O) groups is 2. The summed E-state index contributed by atoms with van der Waals surface area (Å²) in [5.74, 6) is 0.639. The van der Waals surface area contributed by atoms with Gasteiger partial charge in [0.2, 0.25) is 11.8 Å². The Morgan fingerprint density at radius 1 is 1.08 bits per heavy atom. The number of carbonyl (C=O) groups excluding carboxylic acids is 2. The van der Waals surface area contributed by atoms with E-state index < -0.39 is 5.41 Å². The van der Waals surface area contributed by atoms with Crippen LogP contribution in [0.2, 0.25) is 0 Å². The highest BCUT2D eigenvalue weighted by Crippen LogP contribution is 2.49. The third kappa shape index (κ3) is 3.72. The van der Waals surface area contributed by atoms with E-state index in [1.165, 1.54) is 0 Å². The summed E-state index contributed by atoms with van der Waals surface area (Å²) in [6.45, 7) is 0. The predicted octanol–water partition coefficient (Wildman–Crippen LogP) is 2.72. The monoisotopic (exact) mass is 352 g/mol. The molecule has 0 spiro atoms. The van der Waals surface area contributed by atoms with Crippen LogP contribution in [0.1, 0.15) is 36.4 Å². The molecule has 0 bridgehead atoms. The van der Waals surface area contributed by atoms with Gasteiger partial charge in [-0.3, -0.25) is 9.59 Å². The second-order valence-electron chi connectivity index (χ2n) is 6.62. The van der Waals surface area contributed by atoms with Gasteiger partial charge >= 0.3 is 0 Å². The minimum Gasteiger partial charge on any atom is -0.497 e. The van der Waals surface area contributed by atoms with Crippen molar-refractivity contribution in [2.24, 2.45) is 0 Å². The fourth-order valence-corrected chi connectivity index (χ4v) is 3.20. The van der Waals surface area contributed by atoms with Crippen molar-refractivity contribution in [3.05, 3.63) is 65.7 Å². The van der Waals surface area contributed by atoms with E-state index in [0.717, 1.165) is 29.7 Å². The van der Waals surface area contributed by atoms with Gasteiger partial charge in [0.15, 0.2) is 0 Å². The predicted molar refractivity (Wildman–Crippen MR) is 99.9 cm³/mol. The molecule has 2 aromatic carbocycles. The molecule has 1 fully saturated rings. The third-order valence-corrected chi connectivity index (χ3v) is 5.00. The maximum absolute atomic E-state index is 13.1. The average molecular weight is 352 g/mol. The van der Waals surface area contributed by atoms with Crippen LogP contribution in [0.3, 0.4) is 0 Å². The summed E-state index contributed by atoms with van der Waals surface area (Å²) in [6, 6.07) is 16.9. The summed E-state index contributed by atoms with van der Waals surface area (Å²) in [7, 11) is 3.23. The highest BCUT2D eigenvalue weighted by molar-refractivity contribution is 5.92. The number of rotatable bonds is 7. The summed E-state index contributed by atoms with van der Waals surface area (Å²) in [4.78, 5) is 25.0. The molecule has 0 heterocycles. The fraction of sp³-hybridized carbons (Fsp3) is 0.333. The SMILES string of the molecule is CNC(=O)C[C@@H](NC(=O)C1(c2ccc(OC)cc2)CC1)c1ccccc1. The highest BCUT2D eigenvalue weighted by atomic mass is 16.5. The Bertz CT molecular complexity index is 768. The zero-order valence-corrected chi connectivity index (χ0v) is 15.1. The summed E-state index contributed by atoms with van der Waals surface area (Å²) in [5, 5.41) is 5.73. The van der Waals surface area contributed by atoms with Crippen LogP contribution in [-0.4, -0.2) is 26.0 Å². The maximum Gasteiger partial charge on any atom is 0.231 e. The molecule has 5 heteroatoms. The van der Waals surface area contributed by atoms with Crippen LogP contribution in [-0.2, 0) is 15.0 Å². The van der Waals surface area contributed by atoms with Gasteiger partial charge in [0.1, 0.15) is 5.75 Å². The van der Waals surface area contributed by atoms with Gasteiger partial charge < -0.3 is 15.4 Å². The van der Waals surface area contributed by atoms with Gasteiger partial charge in [0.05, 0.1) is 25.0 Å². The topological polar surface area (TPSA) is 67.4 Å². The first-order chi connectivity index (χ1) is 12.6. The molecular formula is C21H24N2O3. The van der Waals surface area contributed by atoms with Crippen molar-refractivity contribution in [3.8, 4) is 5.75 Å². The Balaban J connectivity index is 1.79. The molecule has 2 N–H and O–H groups in total.